The third-order valence-corrected chi connectivity index (χ3v) is 2.90. The standard InChI is InChI=1S/C10H21.C6H13NO2.Na/c1-3-5-7-9-10-8-6-4-2;1-4(2)3-5(7)6(8)9;/h1,3-10H2,2H3;4-5H,3,7H2,1-2H3,(H,8,9);/q-1;;+1. The van der Waals surface area contributed by atoms with E-state index in [9.17, 15) is 4.79 Å². The smallest absolute Gasteiger partial charge is 0.480 e. The quantitative estimate of drug-likeness (QED) is 0.364. The van der Waals surface area contributed by atoms with E-state index in [-0.39, 0.29) is 29.6 Å². The van der Waals surface area contributed by atoms with Gasteiger partial charge in [0.05, 0.1) is 0 Å². The second-order valence-corrected chi connectivity index (χ2v) is 5.55. The van der Waals surface area contributed by atoms with Gasteiger partial charge in [-0.1, -0.05) is 65.7 Å². The number of carboxylic acid groups (broad SMARTS) is 1. The molecule has 0 aliphatic carbocycles. The second-order valence-electron chi connectivity index (χ2n) is 5.55. The summed E-state index contributed by atoms with van der Waals surface area (Å²) >= 11 is 0. The molecule has 3 nitrogen and oxygen atoms in total. The molecule has 0 bridgehead atoms. The van der Waals surface area contributed by atoms with Gasteiger partial charge in [0.2, 0.25) is 0 Å². The van der Waals surface area contributed by atoms with Crippen LogP contribution in [-0.4, -0.2) is 17.1 Å². The Morgan fingerprint density at radius 3 is 1.85 bits per heavy atom. The molecule has 0 aromatic rings. The molecule has 0 spiro atoms. The van der Waals surface area contributed by atoms with Crippen LogP contribution in [0.2, 0.25) is 0 Å². The van der Waals surface area contributed by atoms with Gasteiger partial charge in [-0.05, 0) is 12.3 Å². The first-order valence-electron chi connectivity index (χ1n) is 7.73. The first-order valence-corrected chi connectivity index (χ1v) is 7.73. The van der Waals surface area contributed by atoms with E-state index in [1.54, 1.807) is 0 Å². The average Bonchev–Trinajstić information content (AvgIpc) is 2.33. The van der Waals surface area contributed by atoms with Crippen molar-refractivity contribution in [2.45, 2.75) is 84.6 Å². The number of carboxylic acids is 1. The average molecular weight is 295 g/mol. The molecular formula is C16H34NNaO2. The van der Waals surface area contributed by atoms with Crippen molar-refractivity contribution in [3.05, 3.63) is 6.92 Å². The fraction of sp³-hybridized carbons (Fsp3) is 0.875. The van der Waals surface area contributed by atoms with E-state index in [1.807, 2.05) is 13.8 Å². The van der Waals surface area contributed by atoms with Crippen LogP contribution in [0.15, 0.2) is 0 Å². The summed E-state index contributed by atoms with van der Waals surface area (Å²) in [5.74, 6) is -0.556. The predicted octanol–water partition coefficient (Wildman–Crippen LogP) is 1.41. The molecule has 0 saturated heterocycles. The Morgan fingerprint density at radius 2 is 1.55 bits per heavy atom. The van der Waals surface area contributed by atoms with Gasteiger partial charge in [-0.2, -0.15) is 6.42 Å². The monoisotopic (exact) mass is 295 g/mol. The topological polar surface area (TPSA) is 63.3 Å². The zero-order valence-electron chi connectivity index (χ0n) is 14.2. The van der Waals surface area contributed by atoms with Crippen molar-refractivity contribution in [1.29, 1.82) is 0 Å². The maximum absolute atomic E-state index is 10.1. The Labute approximate surface area is 148 Å². The molecule has 116 valence electrons. The molecule has 0 saturated carbocycles. The number of hydrogen-bond acceptors (Lipinski definition) is 2. The van der Waals surface area contributed by atoms with E-state index in [4.69, 9.17) is 10.8 Å². The SMILES string of the molecule is CC(C)CC(N)C(=O)O.[CH2-]CCCCCCCCC.[Na+]. The summed E-state index contributed by atoms with van der Waals surface area (Å²) in [7, 11) is 0. The molecule has 20 heavy (non-hydrogen) atoms. The van der Waals surface area contributed by atoms with Gasteiger partial charge in [-0.3, -0.25) is 4.79 Å². The maximum atomic E-state index is 10.1. The summed E-state index contributed by atoms with van der Waals surface area (Å²) in [6.07, 6.45) is 11.5. The van der Waals surface area contributed by atoms with Crippen LogP contribution in [0.4, 0.5) is 0 Å². The van der Waals surface area contributed by atoms with Crippen LogP contribution in [0.3, 0.4) is 0 Å². The number of unbranched alkanes of at least 4 members (excludes halogenated alkanes) is 7. The van der Waals surface area contributed by atoms with E-state index in [2.05, 4.69) is 13.8 Å². The Kier molecular flexibility index (Phi) is 24.7. The molecule has 3 N–H and O–H groups in total. The zero-order chi connectivity index (χ0) is 15.1. The van der Waals surface area contributed by atoms with Crippen LogP contribution >= 0.6 is 0 Å². The van der Waals surface area contributed by atoms with Crippen molar-refractivity contribution in [2.75, 3.05) is 0 Å². The fourth-order valence-electron chi connectivity index (χ4n) is 1.74. The van der Waals surface area contributed by atoms with Crippen molar-refractivity contribution in [1.82, 2.24) is 0 Å². The molecule has 0 aliphatic heterocycles. The van der Waals surface area contributed by atoms with Crippen LogP contribution in [0.25, 0.3) is 0 Å². The van der Waals surface area contributed by atoms with Crippen LogP contribution in [0.5, 0.6) is 0 Å². The minimum Gasteiger partial charge on any atom is -0.480 e. The van der Waals surface area contributed by atoms with Crippen molar-refractivity contribution in [2.24, 2.45) is 11.7 Å². The van der Waals surface area contributed by atoms with Crippen LogP contribution < -0.4 is 35.3 Å². The van der Waals surface area contributed by atoms with Gasteiger partial charge in [0.25, 0.3) is 0 Å². The number of rotatable bonds is 10. The van der Waals surface area contributed by atoms with E-state index >= 15 is 0 Å². The maximum Gasteiger partial charge on any atom is 1.00 e. The van der Waals surface area contributed by atoms with E-state index in [1.165, 1.54) is 44.9 Å². The predicted molar refractivity (Wildman–Crippen MR) is 83.0 cm³/mol. The molecule has 0 radical (unpaired) electrons. The molecule has 0 aromatic carbocycles. The molecular weight excluding hydrogens is 261 g/mol. The molecule has 1 unspecified atom stereocenters. The number of nitrogens with two attached hydrogens (primary N) is 1. The minimum atomic E-state index is -0.913. The normalized spacial score (nSPS) is 11.3. The molecule has 1 atom stereocenters. The second kappa shape index (κ2) is 19.4. The first-order chi connectivity index (χ1) is 8.95. The Hall–Kier alpha value is 0.430. The van der Waals surface area contributed by atoms with Crippen molar-refractivity contribution in [3.63, 3.8) is 0 Å². The van der Waals surface area contributed by atoms with Gasteiger partial charge < -0.3 is 17.8 Å². The van der Waals surface area contributed by atoms with Gasteiger partial charge in [0, 0.05) is 0 Å². The third kappa shape index (κ3) is 23.5. The molecule has 0 aromatic heterocycles. The van der Waals surface area contributed by atoms with Crippen LogP contribution in [-0.2, 0) is 4.79 Å². The van der Waals surface area contributed by atoms with Gasteiger partial charge in [-0.25, -0.2) is 0 Å². The largest absolute Gasteiger partial charge is 1.00 e. The summed E-state index contributed by atoms with van der Waals surface area (Å²) < 4.78 is 0. The number of hydrogen-bond donors (Lipinski definition) is 2. The molecule has 0 heterocycles. The van der Waals surface area contributed by atoms with E-state index < -0.39 is 12.0 Å². The van der Waals surface area contributed by atoms with Crippen LogP contribution in [0, 0.1) is 12.8 Å². The van der Waals surface area contributed by atoms with E-state index in [0.29, 0.717) is 12.3 Å². The number of carbonyl (C=O) groups is 1. The van der Waals surface area contributed by atoms with Crippen molar-refractivity contribution < 1.29 is 39.5 Å². The van der Waals surface area contributed by atoms with Crippen molar-refractivity contribution in [3.8, 4) is 0 Å². The van der Waals surface area contributed by atoms with Gasteiger partial charge >= 0.3 is 35.5 Å². The van der Waals surface area contributed by atoms with Gasteiger partial charge in [0.1, 0.15) is 6.04 Å². The third-order valence-electron chi connectivity index (χ3n) is 2.90. The molecule has 4 heteroatoms. The molecule has 0 aliphatic rings. The van der Waals surface area contributed by atoms with Gasteiger partial charge in [0.15, 0.2) is 0 Å². The van der Waals surface area contributed by atoms with E-state index in [0.717, 1.165) is 6.42 Å². The van der Waals surface area contributed by atoms with Gasteiger partial charge in [-0.15, -0.1) is 0 Å². The Balaban J connectivity index is -0.000000277. The first kappa shape index (κ1) is 25.4. The Bertz CT molecular complexity index is 191. The molecule has 0 rings (SSSR count). The number of aliphatic carboxylic acids is 1. The molecule has 0 amide bonds. The Morgan fingerprint density at radius 1 is 1.10 bits per heavy atom. The summed E-state index contributed by atoms with van der Waals surface area (Å²) in [4.78, 5) is 10.1. The summed E-state index contributed by atoms with van der Waals surface area (Å²) in [5, 5.41) is 8.31. The summed E-state index contributed by atoms with van der Waals surface area (Å²) in [6.45, 7) is 9.97. The zero-order valence-corrected chi connectivity index (χ0v) is 16.2. The fourth-order valence-corrected chi connectivity index (χ4v) is 1.74. The summed E-state index contributed by atoms with van der Waals surface area (Å²) in [6, 6.07) is -0.690. The van der Waals surface area contributed by atoms with Crippen LogP contribution in [0.1, 0.15) is 78.6 Å². The molecule has 0 fully saturated rings. The summed E-state index contributed by atoms with van der Waals surface area (Å²) in [5.41, 5.74) is 5.22. The minimum absolute atomic E-state index is 0. The van der Waals surface area contributed by atoms with Crippen molar-refractivity contribution >= 4 is 5.97 Å².